The lowest BCUT2D eigenvalue weighted by Gasteiger charge is -2.10. The topological polar surface area (TPSA) is 67.0 Å². The van der Waals surface area contributed by atoms with E-state index in [1.165, 1.54) is 0 Å². The molecule has 6 heteroatoms. The van der Waals surface area contributed by atoms with E-state index >= 15 is 0 Å². The highest BCUT2D eigenvalue weighted by molar-refractivity contribution is 7.81. The minimum atomic E-state index is -0.424. The predicted octanol–water partition coefficient (Wildman–Crippen LogP) is 2.37. The third kappa shape index (κ3) is 3.17. The lowest BCUT2D eigenvalue weighted by atomic mass is 10.2. The first kappa shape index (κ1) is 13.2. The number of H-pyrrole nitrogens is 1. The molecule has 0 spiro atoms. The van der Waals surface area contributed by atoms with Crippen LogP contribution in [0.5, 0.6) is 0 Å². The number of anilines is 1. The molecular formula is C13H13N3O2S. The molecule has 5 nitrogen and oxygen atoms in total. The van der Waals surface area contributed by atoms with Crippen molar-refractivity contribution < 1.29 is 9.53 Å². The maximum Gasteiger partial charge on any atom is 0.341 e. The second kappa shape index (κ2) is 6.10. The summed E-state index contributed by atoms with van der Waals surface area (Å²) in [6, 6.07) is 7.00. The van der Waals surface area contributed by atoms with Crippen molar-refractivity contribution in [1.29, 1.82) is 0 Å². The smallest absolute Gasteiger partial charge is 0.341 e. The molecule has 0 saturated carbocycles. The van der Waals surface area contributed by atoms with E-state index in [-0.39, 0.29) is 0 Å². The minimum absolute atomic E-state index is 0.314. The van der Waals surface area contributed by atoms with E-state index < -0.39 is 5.97 Å². The molecule has 2 N–H and O–H groups in total. The number of aromatic nitrogens is 2. The quantitative estimate of drug-likeness (QED) is 0.662. The molecule has 0 aliphatic heterocycles. The largest absolute Gasteiger partial charge is 0.462 e. The maximum absolute atomic E-state index is 11.8. The Balaban J connectivity index is 2.21. The molecule has 0 radical (unpaired) electrons. The number of pyridine rings is 1. The van der Waals surface area contributed by atoms with Crippen molar-refractivity contribution in [3.63, 3.8) is 0 Å². The fourth-order valence-electron chi connectivity index (χ4n) is 1.52. The molecule has 0 aromatic carbocycles. The number of ether oxygens (including phenoxy) is 1. The zero-order valence-electron chi connectivity index (χ0n) is 10.3. The number of carbonyl (C=O) groups excluding carboxylic acids is 1. The average molecular weight is 275 g/mol. The Morgan fingerprint density at radius 3 is 3.00 bits per heavy atom. The zero-order chi connectivity index (χ0) is 13.7. The summed E-state index contributed by atoms with van der Waals surface area (Å²) >= 11 is 5.23. The van der Waals surface area contributed by atoms with Gasteiger partial charge in [0.1, 0.15) is 16.4 Å². The Kier molecular flexibility index (Phi) is 4.25. The molecule has 2 aromatic rings. The third-order valence-corrected chi connectivity index (χ3v) is 2.70. The number of nitrogens with one attached hydrogen (secondary N) is 2. The van der Waals surface area contributed by atoms with Crippen LogP contribution >= 0.6 is 12.2 Å². The van der Waals surface area contributed by atoms with Crippen LogP contribution in [0.3, 0.4) is 0 Å². The summed E-state index contributed by atoms with van der Waals surface area (Å²) in [5.74, 6) is -0.0343. The highest BCUT2D eigenvalue weighted by Crippen LogP contribution is 2.14. The van der Waals surface area contributed by atoms with Gasteiger partial charge in [-0.3, -0.25) is 0 Å². The van der Waals surface area contributed by atoms with Gasteiger partial charge in [0.15, 0.2) is 0 Å². The Morgan fingerprint density at radius 1 is 1.47 bits per heavy atom. The second-order valence-corrected chi connectivity index (χ2v) is 4.07. The van der Waals surface area contributed by atoms with E-state index in [2.05, 4.69) is 15.3 Å². The van der Waals surface area contributed by atoms with Gasteiger partial charge >= 0.3 is 5.97 Å². The van der Waals surface area contributed by atoms with Gasteiger partial charge < -0.3 is 15.0 Å². The molecule has 0 aliphatic rings. The molecule has 2 heterocycles. The van der Waals surface area contributed by atoms with Gasteiger partial charge in [-0.2, -0.15) is 0 Å². The lowest BCUT2D eigenvalue weighted by molar-refractivity contribution is 0.0527. The Bertz CT molecular complexity index is 581. The van der Waals surface area contributed by atoms with E-state index in [9.17, 15) is 4.79 Å². The van der Waals surface area contributed by atoms with Gasteiger partial charge in [-0.05, 0) is 31.2 Å². The number of hydrogen-bond acceptors (Lipinski definition) is 4. The third-order valence-electron chi connectivity index (χ3n) is 2.38. The van der Waals surface area contributed by atoms with Gasteiger partial charge in [-0.1, -0.05) is 12.2 Å². The molecule has 0 unspecified atom stereocenters. The van der Waals surface area contributed by atoms with Crippen molar-refractivity contribution in [2.24, 2.45) is 0 Å². The van der Waals surface area contributed by atoms with Gasteiger partial charge in [0.05, 0.1) is 12.3 Å². The number of carbonyl (C=O) groups is 1. The van der Waals surface area contributed by atoms with Gasteiger partial charge in [0.25, 0.3) is 0 Å². The fourth-order valence-corrected chi connectivity index (χ4v) is 1.75. The molecule has 19 heavy (non-hydrogen) atoms. The summed E-state index contributed by atoms with van der Waals surface area (Å²) in [6.07, 6.45) is 3.36. The van der Waals surface area contributed by atoms with Crippen molar-refractivity contribution in [2.45, 2.75) is 6.92 Å². The highest BCUT2D eigenvalue weighted by atomic mass is 32.1. The number of aromatic amines is 1. The van der Waals surface area contributed by atoms with Crippen molar-refractivity contribution >= 4 is 29.0 Å². The summed E-state index contributed by atoms with van der Waals surface area (Å²) in [4.78, 5) is 19.3. The van der Waals surface area contributed by atoms with Gasteiger partial charge in [0.2, 0.25) is 0 Å². The lowest BCUT2D eigenvalue weighted by Crippen LogP contribution is -2.16. The molecule has 0 saturated heterocycles. The van der Waals surface area contributed by atoms with Crippen LogP contribution in [0.25, 0.3) is 0 Å². The summed E-state index contributed by atoms with van der Waals surface area (Å²) in [5, 5.41) is 2.94. The average Bonchev–Trinajstić information content (AvgIpc) is 2.93. The van der Waals surface area contributed by atoms with Crippen LogP contribution in [-0.2, 0) is 4.74 Å². The first-order chi connectivity index (χ1) is 9.22. The number of rotatable bonds is 4. The van der Waals surface area contributed by atoms with Gasteiger partial charge in [-0.15, -0.1) is 0 Å². The van der Waals surface area contributed by atoms with E-state index in [0.29, 0.717) is 23.0 Å². The molecule has 2 rings (SSSR count). The maximum atomic E-state index is 11.8. The first-order valence-electron chi connectivity index (χ1n) is 5.79. The van der Waals surface area contributed by atoms with Gasteiger partial charge in [-0.25, -0.2) is 9.78 Å². The molecule has 0 atom stereocenters. The molecule has 2 aromatic heterocycles. The fraction of sp³-hybridized carbons (Fsp3) is 0.154. The normalized spacial score (nSPS) is 9.95. The van der Waals surface area contributed by atoms with Crippen LogP contribution in [0, 0.1) is 0 Å². The van der Waals surface area contributed by atoms with Crippen LogP contribution in [0.4, 0.5) is 5.82 Å². The van der Waals surface area contributed by atoms with Crippen LogP contribution in [0.1, 0.15) is 23.0 Å². The van der Waals surface area contributed by atoms with E-state index in [4.69, 9.17) is 17.0 Å². The van der Waals surface area contributed by atoms with Crippen LogP contribution in [-0.4, -0.2) is 27.5 Å². The van der Waals surface area contributed by atoms with Crippen molar-refractivity contribution in [3.8, 4) is 0 Å². The molecular weight excluding hydrogens is 262 g/mol. The standard InChI is InChI=1S/C13H13N3O2S/c1-2-18-13(17)9-5-3-8-15-11(9)16-12(19)10-6-4-7-14-10/h3-8,14H,2H2,1H3,(H,15,16,19). The SMILES string of the molecule is CCOC(=O)c1cccnc1NC(=S)c1ccc[nH]1. The van der Waals surface area contributed by atoms with Crippen molar-refractivity contribution in [3.05, 3.63) is 47.9 Å². The minimum Gasteiger partial charge on any atom is -0.462 e. The summed E-state index contributed by atoms with van der Waals surface area (Å²) in [6.45, 7) is 2.07. The predicted molar refractivity (Wildman–Crippen MR) is 76.3 cm³/mol. The van der Waals surface area contributed by atoms with E-state index in [1.54, 1.807) is 31.5 Å². The molecule has 0 fully saturated rings. The number of hydrogen-bond donors (Lipinski definition) is 2. The molecule has 0 bridgehead atoms. The molecule has 0 aliphatic carbocycles. The summed E-state index contributed by atoms with van der Waals surface area (Å²) < 4.78 is 4.97. The Labute approximate surface area is 116 Å². The Hall–Kier alpha value is -2.21. The van der Waals surface area contributed by atoms with E-state index in [1.807, 2.05) is 12.1 Å². The summed E-state index contributed by atoms with van der Waals surface area (Å²) in [5.41, 5.74) is 1.12. The monoisotopic (exact) mass is 275 g/mol. The molecule has 98 valence electrons. The number of esters is 1. The second-order valence-electron chi connectivity index (χ2n) is 3.66. The summed E-state index contributed by atoms with van der Waals surface area (Å²) in [7, 11) is 0. The number of thiocarbonyl (C=S) groups is 1. The zero-order valence-corrected chi connectivity index (χ0v) is 11.2. The molecule has 0 amide bonds. The van der Waals surface area contributed by atoms with Crippen molar-refractivity contribution in [1.82, 2.24) is 9.97 Å². The van der Waals surface area contributed by atoms with Crippen LogP contribution < -0.4 is 5.32 Å². The first-order valence-corrected chi connectivity index (χ1v) is 6.20. The van der Waals surface area contributed by atoms with E-state index in [0.717, 1.165) is 5.69 Å². The van der Waals surface area contributed by atoms with Gasteiger partial charge in [0, 0.05) is 12.4 Å². The number of nitrogens with zero attached hydrogens (tertiary/aromatic N) is 1. The van der Waals surface area contributed by atoms with Crippen LogP contribution in [0.15, 0.2) is 36.7 Å². The highest BCUT2D eigenvalue weighted by Gasteiger charge is 2.14. The Morgan fingerprint density at radius 2 is 2.32 bits per heavy atom. The van der Waals surface area contributed by atoms with Crippen LogP contribution in [0.2, 0.25) is 0 Å². The van der Waals surface area contributed by atoms with Crippen molar-refractivity contribution in [2.75, 3.05) is 11.9 Å².